The first-order valence-electron chi connectivity index (χ1n) is 4.64. The van der Waals surface area contributed by atoms with Crippen LogP contribution in [0, 0.1) is 0 Å². The summed E-state index contributed by atoms with van der Waals surface area (Å²) in [5, 5.41) is 4.12. The lowest BCUT2D eigenvalue weighted by atomic mass is 10.2. The average Bonchev–Trinajstić information content (AvgIpc) is 2.90. The number of halogens is 1. The zero-order valence-corrected chi connectivity index (χ0v) is 8.43. The van der Waals surface area contributed by atoms with Gasteiger partial charge in [0.25, 0.3) is 0 Å². The Morgan fingerprint density at radius 2 is 2.31 bits per heavy atom. The van der Waals surface area contributed by atoms with Gasteiger partial charge in [-0.15, -0.1) is 0 Å². The molecule has 0 radical (unpaired) electrons. The van der Waals surface area contributed by atoms with Crippen molar-refractivity contribution in [3.63, 3.8) is 0 Å². The molecule has 2 nitrogen and oxygen atoms in total. The Hall–Kier alpha value is -0.760. The fourth-order valence-corrected chi connectivity index (χ4v) is 1.55. The summed E-state index contributed by atoms with van der Waals surface area (Å²) in [6, 6.07) is 3.79. The van der Waals surface area contributed by atoms with Gasteiger partial charge in [0.05, 0.1) is 5.02 Å². The lowest BCUT2D eigenvalue weighted by Gasteiger charge is -2.15. The van der Waals surface area contributed by atoms with Crippen molar-refractivity contribution in [2.24, 2.45) is 0 Å². The lowest BCUT2D eigenvalue weighted by Crippen LogP contribution is -2.20. The molecular weight excluding hydrogens is 184 g/mol. The van der Waals surface area contributed by atoms with Crippen LogP contribution < -0.4 is 5.32 Å². The molecule has 3 heteroatoms. The van der Waals surface area contributed by atoms with Gasteiger partial charge in [-0.1, -0.05) is 18.5 Å². The quantitative estimate of drug-likeness (QED) is 0.804. The second-order valence-corrected chi connectivity index (χ2v) is 4.06. The van der Waals surface area contributed by atoms with Crippen LogP contribution in [0.1, 0.15) is 26.2 Å². The fourth-order valence-electron chi connectivity index (χ4n) is 1.44. The standard InChI is InChI=1S/C10H13ClN2/c1-2-10(5-6-10)13-9-4-3-8(11)7-12-9/h3-4,7H,2,5-6H2,1H3,(H,12,13). The molecule has 0 spiro atoms. The van der Waals surface area contributed by atoms with Crippen molar-refractivity contribution in [3.05, 3.63) is 23.4 Å². The van der Waals surface area contributed by atoms with Gasteiger partial charge >= 0.3 is 0 Å². The number of hydrogen-bond donors (Lipinski definition) is 1. The summed E-state index contributed by atoms with van der Waals surface area (Å²) in [6.45, 7) is 2.20. The third-order valence-corrected chi connectivity index (χ3v) is 2.87. The van der Waals surface area contributed by atoms with E-state index in [0.717, 1.165) is 12.2 Å². The number of hydrogen-bond acceptors (Lipinski definition) is 2. The normalized spacial score (nSPS) is 18.3. The van der Waals surface area contributed by atoms with Crippen LogP contribution in [-0.4, -0.2) is 10.5 Å². The lowest BCUT2D eigenvalue weighted by molar-refractivity contribution is 0.698. The summed E-state index contributed by atoms with van der Waals surface area (Å²) < 4.78 is 0. The molecule has 1 aliphatic rings. The van der Waals surface area contributed by atoms with Gasteiger partial charge in [0, 0.05) is 11.7 Å². The van der Waals surface area contributed by atoms with E-state index in [-0.39, 0.29) is 0 Å². The Balaban J connectivity index is 2.06. The Morgan fingerprint density at radius 1 is 1.54 bits per heavy atom. The van der Waals surface area contributed by atoms with Crippen LogP contribution in [0.4, 0.5) is 5.82 Å². The molecule has 1 fully saturated rings. The molecule has 70 valence electrons. The van der Waals surface area contributed by atoms with Crippen LogP contribution in [-0.2, 0) is 0 Å². The highest BCUT2D eigenvalue weighted by molar-refractivity contribution is 6.30. The zero-order valence-electron chi connectivity index (χ0n) is 7.68. The molecule has 1 N–H and O–H groups in total. The molecule has 1 aromatic rings. The summed E-state index contributed by atoms with van der Waals surface area (Å²) in [5.41, 5.74) is 0.334. The molecule has 0 saturated heterocycles. The van der Waals surface area contributed by atoms with Crippen molar-refractivity contribution < 1.29 is 0 Å². The highest BCUT2D eigenvalue weighted by atomic mass is 35.5. The molecule has 0 unspecified atom stereocenters. The van der Waals surface area contributed by atoms with Crippen LogP contribution in [0.25, 0.3) is 0 Å². The number of anilines is 1. The highest BCUT2D eigenvalue weighted by Crippen LogP contribution is 2.41. The van der Waals surface area contributed by atoms with E-state index in [1.54, 1.807) is 6.20 Å². The number of aromatic nitrogens is 1. The smallest absolute Gasteiger partial charge is 0.126 e. The average molecular weight is 197 g/mol. The van der Waals surface area contributed by atoms with Crippen molar-refractivity contribution in [1.82, 2.24) is 4.98 Å². The van der Waals surface area contributed by atoms with Crippen molar-refractivity contribution >= 4 is 17.4 Å². The number of pyridine rings is 1. The van der Waals surface area contributed by atoms with E-state index in [1.165, 1.54) is 12.8 Å². The van der Waals surface area contributed by atoms with E-state index in [2.05, 4.69) is 17.2 Å². The SMILES string of the molecule is CCC1(Nc2ccc(Cl)cn2)CC1. The monoisotopic (exact) mass is 196 g/mol. The van der Waals surface area contributed by atoms with Gasteiger partial charge in [0.1, 0.15) is 5.82 Å². The first kappa shape index (κ1) is 8.82. The summed E-state index contributed by atoms with van der Waals surface area (Å²) in [5.74, 6) is 0.934. The minimum Gasteiger partial charge on any atom is -0.365 e. The molecule has 2 rings (SSSR count). The molecule has 1 saturated carbocycles. The molecular formula is C10H13ClN2. The summed E-state index contributed by atoms with van der Waals surface area (Å²) >= 11 is 5.74. The Labute approximate surface area is 83.3 Å². The number of rotatable bonds is 3. The van der Waals surface area contributed by atoms with E-state index in [9.17, 15) is 0 Å². The maximum atomic E-state index is 5.74. The Bertz CT molecular complexity index is 290. The first-order chi connectivity index (χ1) is 6.24. The van der Waals surface area contributed by atoms with E-state index in [4.69, 9.17) is 11.6 Å². The van der Waals surface area contributed by atoms with Crippen LogP contribution in [0.5, 0.6) is 0 Å². The van der Waals surface area contributed by atoms with Crippen molar-refractivity contribution in [2.45, 2.75) is 31.7 Å². The summed E-state index contributed by atoms with van der Waals surface area (Å²) in [6.07, 6.45) is 5.36. The second kappa shape index (κ2) is 3.18. The Kier molecular flexibility index (Phi) is 2.16. The van der Waals surface area contributed by atoms with Crippen molar-refractivity contribution in [1.29, 1.82) is 0 Å². The van der Waals surface area contributed by atoms with Gasteiger partial charge in [-0.25, -0.2) is 4.98 Å². The van der Waals surface area contributed by atoms with Crippen molar-refractivity contribution in [2.75, 3.05) is 5.32 Å². The third kappa shape index (κ3) is 1.94. The van der Waals surface area contributed by atoms with Gasteiger partial charge < -0.3 is 5.32 Å². The third-order valence-electron chi connectivity index (χ3n) is 2.65. The number of nitrogens with zero attached hydrogens (tertiary/aromatic N) is 1. The minimum absolute atomic E-state index is 0.334. The predicted molar refractivity (Wildman–Crippen MR) is 55.1 cm³/mol. The predicted octanol–water partition coefficient (Wildman–Crippen LogP) is 3.09. The van der Waals surface area contributed by atoms with Crippen LogP contribution in [0.2, 0.25) is 5.02 Å². The Morgan fingerprint density at radius 3 is 2.77 bits per heavy atom. The maximum absolute atomic E-state index is 5.74. The topological polar surface area (TPSA) is 24.9 Å². The van der Waals surface area contributed by atoms with E-state index < -0.39 is 0 Å². The van der Waals surface area contributed by atoms with Gasteiger partial charge in [0.15, 0.2) is 0 Å². The van der Waals surface area contributed by atoms with Gasteiger partial charge in [-0.2, -0.15) is 0 Å². The molecule has 1 heterocycles. The van der Waals surface area contributed by atoms with E-state index in [0.29, 0.717) is 10.6 Å². The van der Waals surface area contributed by atoms with Gasteiger partial charge in [-0.05, 0) is 31.4 Å². The van der Waals surface area contributed by atoms with Gasteiger partial charge in [0.2, 0.25) is 0 Å². The van der Waals surface area contributed by atoms with Gasteiger partial charge in [-0.3, -0.25) is 0 Å². The fraction of sp³-hybridized carbons (Fsp3) is 0.500. The molecule has 0 amide bonds. The van der Waals surface area contributed by atoms with Crippen LogP contribution in [0.15, 0.2) is 18.3 Å². The first-order valence-corrected chi connectivity index (χ1v) is 5.02. The summed E-state index contributed by atoms with van der Waals surface area (Å²) in [7, 11) is 0. The molecule has 0 atom stereocenters. The second-order valence-electron chi connectivity index (χ2n) is 3.62. The zero-order chi connectivity index (χ0) is 9.31. The van der Waals surface area contributed by atoms with Crippen LogP contribution >= 0.6 is 11.6 Å². The summed E-state index contributed by atoms with van der Waals surface area (Å²) in [4.78, 5) is 4.21. The number of nitrogens with one attached hydrogen (secondary N) is 1. The van der Waals surface area contributed by atoms with E-state index in [1.807, 2.05) is 12.1 Å². The van der Waals surface area contributed by atoms with E-state index >= 15 is 0 Å². The van der Waals surface area contributed by atoms with Crippen molar-refractivity contribution in [3.8, 4) is 0 Å². The minimum atomic E-state index is 0.334. The molecule has 13 heavy (non-hydrogen) atoms. The largest absolute Gasteiger partial charge is 0.365 e. The molecule has 1 aliphatic carbocycles. The maximum Gasteiger partial charge on any atom is 0.126 e. The highest BCUT2D eigenvalue weighted by Gasteiger charge is 2.40. The molecule has 1 aromatic heterocycles. The molecule has 0 bridgehead atoms. The molecule has 0 aromatic carbocycles. The van der Waals surface area contributed by atoms with Crippen LogP contribution in [0.3, 0.4) is 0 Å². The molecule has 0 aliphatic heterocycles.